The van der Waals surface area contributed by atoms with Gasteiger partial charge in [-0.3, -0.25) is 0 Å². The van der Waals surface area contributed by atoms with Crippen LogP contribution in [0.3, 0.4) is 0 Å². The van der Waals surface area contributed by atoms with Crippen LogP contribution in [-0.4, -0.2) is 31.7 Å². The maximum Gasteiger partial charge on any atom is 0.248 e. The van der Waals surface area contributed by atoms with Gasteiger partial charge in [-0.1, -0.05) is 0 Å². The van der Waals surface area contributed by atoms with Crippen LogP contribution in [0.1, 0.15) is 36.9 Å². The number of hydrogen-bond donors (Lipinski definition) is 1. The molecule has 1 aliphatic carbocycles. The summed E-state index contributed by atoms with van der Waals surface area (Å²) >= 11 is 0. The highest BCUT2D eigenvalue weighted by Crippen LogP contribution is 2.34. The molecule has 0 aromatic carbocycles. The molecule has 3 aromatic heterocycles. The Morgan fingerprint density at radius 3 is 2.67 bits per heavy atom. The van der Waals surface area contributed by atoms with Gasteiger partial charge in [-0.05, 0) is 49.6 Å². The summed E-state index contributed by atoms with van der Waals surface area (Å²) in [6, 6.07) is 8.17. The van der Waals surface area contributed by atoms with Crippen molar-refractivity contribution in [2.45, 2.75) is 51.2 Å². The van der Waals surface area contributed by atoms with Crippen LogP contribution in [0.4, 0.5) is 19.0 Å². The Morgan fingerprint density at radius 2 is 2.00 bits per heavy atom. The highest BCUT2D eigenvalue weighted by atomic mass is 19.3. The molecule has 1 aliphatic rings. The maximum atomic E-state index is 13.5. The third-order valence-corrected chi connectivity index (χ3v) is 4.98. The summed E-state index contributed by atoms with van der Waals surface area (Å²) in [5, 5.41) is 7.66. The average molecular weight is 417 g/mol. The van der Waals surface area contributed by atoms with Gasteiger partial charge in [-0.2, -0.15) is 5.10 Å². The Bertz CT molecular complexity index is 996. The second-order valence-corrected chi connectivity index (χ2v) is 7.50. The van der Waals surface area contributed by atoms with Crippen molar-refractivity contribution in [1.29, 1.82) is 0 Å². The van der Waals surface area contributed by atoms with Crippen molar-refractivity contribution in [3.63, 3.8) is 0 Å². The topological polar surface area (TPSA) is 64.9 Å². The number of nitrogens with zero attached hydrogens (tertiary/aromatic N) is 4. The lowest BCUT2D eigenvalue weighted by Crippen LogP contribution is -2.32. The van der Waals surface area contributed by atoms with E-state index in [1.165, 1.54) is 12.1 Å². The molecule has 30 heavy (non-hydrogen) atoms. The summed E-state index contributed by atoms with van der Waals surface area (Å²) in [5.74, 6) is -1.57. The number of hydrogen-bond acceptors (Lipinski definition) is 5. The number of nitrogens with one attached hydrogen (secondary N) is 1. The first-order valence-corrected chi connectivity index (χ1v) is 9.79. The van der Waals surface area contributed by atoms with E-state index in [0.29, 0.717) is 30.4 Å². The molecular weight excluding hydrogens is 395 g/mol. The monoisotopic (exact) mass is 417 g/mol. The first-order chi connectivity index (χ1) is 14.4. The van der Waals surface area contributed by atoms with E-state index in [0.717, 1.165) is 17.5 Å². The molecule has 0 radical (unpaired) electrons. The first-order valence-electron chi connectivity index (χ1n) is 9.79. The number of halogens is 3. The maximum absolute atomic E-state index is 13.5. The summed E-state index contributed by atoms with van der Waals surface area (Å²) in [6.45, 7) is 2.07. The molecule has 1 fully saturated rings. The molecule has 0 atom stereocenters. The zero-order chi connectivity index (χ0) is 21.1. The lowest BCUT2D eigenvalue weighted by Gasteiger charge is -2.29. The third kappa shape index (κ3) is 5.08. The van der Waals surface area contributed by atoms with Crippen LogP contribution >= 0.6 is 0 Å². The Hall–Kier alpha value is -3.10. The molecule has 0 saturated heterocycles. The second kappa shape index (κ2) is 8.33. The van der Waals surface area contributed by atoms with Gasteiger partial charge >= 0.3 is 0 Å². The van der Waals surface area contributed by atoms with E-state index in [9.17, 15) is 13.2 Å². The van der Waals surface area contributed by atoms with Gasteiger partial charge in [-0.15, -0.1) is 0 Å². The van der Waals surface area contributed by atoms with Crippen LogP contribution in [0.2, 0.25) is 0 Å². The SMILES string of the molecule is Cc1ccn(-c2cc(COc3ccc(F)cn3)cc(NC3CCC(F)(F)CC3)n2)n1. The van der Waals surface area contributed by atoms with Gasteiger partial charge < -0.3 is 10.1 Å². The summed E-state index contributed by atoms with van der Waals surface area (Å²) < 4.78 is 47.2. The summed E-state index contributed by atoms with van der Waals surface area (Å²) in [6.07, 6.45) is 3.39. The molecule has 0 aliphatic heterocycles. The van der Waals surface area contributed by atoms with E-state index >= 15 is 0 Å². The minimum Gasteiger partial charge on any atom is -0.473 e. The molecule has 9 heteroatoms. The summed E-state index contributed by atoms with van der Waals surface area (Å²) in [7, 11) is 0. The molecule has 0 unspecified atom stereocenters. The van der Waals surface area contributed by atoms with E-state index < -0.39 is 11.7 Å². The Kier molecular flexibility index (Phi) is 5.61. The quantitative estimate of drug-likeness (QED) is 0.631. The normalized spacial score (nSPS) is 16.4. The van der Waals surface area contributed by atoms with E-state index in [1.807, 2.05) is 25.1 Å². The molecule has 0 amide bonds. The average Bonchev–Trinajstić information content (AvgIpc) is 3.16. The minimum absolute atomic E-state index is 0.0701. The van der Waals surface area contributed by atoms with Crippen LogP contribution < -0.4 is 10.1 Å². The van der Waals surface area contributed by atoms with E-state index in [2.05, 4.69) is 20.4 Å². The van der Waals surface area contributed by atoms with Crippen LogP contribution in [0.25, 0.3) is 5.82 Å². The molecular formula is C21H22F3N5O. The number of rotatable bonds is 6. The van der Waals surface area contributed by atoms with Crippen molar-refractivity contribution in [2.75, 3.05) is 5.32 Å². The van der Waals surface area contributed by atoms with Crippen LogP contribution in [0.5, 0.6) is 5.88 Å². The van der Waals surface area contributed by atoms with Crippen LogP contribution in [0, 0.1) is 12.7 Å². The van der Waals surface area contributed by atoms with Gasteiger partial charge in [0.15, 0.2) is 5.82 Å². The largest absolute Gasteiger partial charge is 0.473 e. The van der Waals surface area contributed by atoms with Crippen LogP contribution in [0.15, 0.2) is 42.7 Å². The molecule has 6 nitrogen and oxygen atoms in total. The van der Waals surface area contributed by atoms with Gasteiger partial charge in [0.05, 0.1) is 11.9 Å². The fourth-order valence-electron chi connectivity index (χ4n) is 3.39. The van der Waals surface area contributed by atoms with E-state index in [-0.39, 0.29) is 25.5 Å². The molecule has 1 N–H and O–H groups in total. The fourth-order valence-corrected chi connectivity index (χ4v) is 3.39. The van der Waals surface area contributed by atoms with Crippen molar-refractivity contribution in [3.8, 4) is 11.7 Å². The molecule has 3 aromatic rings. The predicted octanol–water partition coefficient (Wildman–Crippen LogP) is 4.68. The van der Waals surface area contributed by atoms with Gasteiger partial charge in [0.25, 0.3) is 0 Å². The Morgan fingerprint density at radius 1 is 1.20 bits per heavy atom. The summed E-state index contributed by atoms with van der Waals surface area (Å²) in [4.78, 5) is 8.48. The minimum atomic E-state index is -2.58. The van der Waals surface area contributed by atoms with Gasteiger partial charge in [-0.25, -0.2) is 27.8 Å². The Labute approximate surface area is 172 Å². The zero-order valence-corrected chi connectivity index (χ0v) is 16.5. The second-order valence-electron chi connectivity index (χ2n) is 7.50. The Balaban J connectivity index is 1.54. The third-order valence-electron chi connectivity index (χ3n) is 4.98. The smallest absolute Gasteiger partial charge is 0.248 e. The summed E-state index contributed by atoms with van der Waals surface area (Å²) in [5.41, 5.74) is 1.64. The van der Waals surface area contributed by atoms with Gasteiger partial charge in [0, 0.05) is 31.1 Å². The molecule has 0 spiro atoms. The van der Waals surface area contributed by atoms with E-state index in [1.54, 1.807) is 10.9 Å². The first kappa shape index (κ1) is 20.2. The number of alkyl halides is 2. The van der Waals surface area contributed by atoms with Crippen molar-refractivity contribution < 1.29 is 17.9 Å². The standard InChI is InChI=1S/C21H22F3N5O/c1-14-6-9-29(28-14)19-11-15(13-30-20-3-2-16(22)12-25-20)10-18(27-19)26-17-4-7-21(23,24)8-5-17/h2-3,6,9-12,17H,4-5,7-8,13H2,1H3,(H,26,27). The highest BCUT2D eigenvalue weighted by molar-refractivity contribution is 5.44. The molecule has 0 bridgehead atoms. The van der Waals surface area contributed by atoms with Crippen molar-refractivity contribution in [3.05, 3.63) is 59.8 Å². The number of pyridine rings is 2. The fraction of sp³-hybridized carbons (Fsp3) is 0.381. The number of aromatic nitrogens is 4. The molecule has 4 rings (SSSR count). The van der Waals surface area contributed by atoms with Crippen molar-refractivity contribution in [2.24, 2.45) is 0 Å². The van der Waals surface area contributed by atoms with Gasteiger partial charge in [0.1, 0.15) is 18.2 Å². The lowest BCUT2D eigenvalue weighted by atomic mass is 9.92. The number of aryl methyl sites for hydroxylation is 1. The lowest BCUT2D eigenvalue weighted by molar-refractivity contribution is -0.0361. The highest BCUT2D eigenvalue weighted by Gasteiger charge is 2.35. The van der Waals surface area contributed by atoms with E-state index in [4.69, 9.17) is 4.74 Å². The van der Waals surface area contributed by atoms with Gasteiger partial charge in [0.2, 0.25) is 11.8 Å². The van der Waals surface area contributed by atoms with Crippen LogP contribution in [-0.2, 0) is 6.61 Å². The number of anilines is 1. The number of ether oxygens (including phenoxy) is 1. The zero-order valence-electron chi connectivity index (χ0n) is 16.5. The van der Waals surface area contributed by atoms with Crippen molar-refractivity contribution >= 4 is 5.82 Å². The molecule has 1 saturated carbocycles. The predicted molar refractivity (Wildman–Crippen MR) is 105 cm³/mol. The molecule has 3 heterocycles. The van der Waals surface area contributed by atoms with Crippen molar-refractivity contribution in [1.82, 2.24) is 19.7 Å². The molecule has 158 valence electrons.